The van der Waals surface area contributed by atoms with Gasteiger partial charge in [-0.15, -0.1) is 0 Å². The molecule has 1 saturated carbocycles. The van der Waals surface area contributed by atoms with E-state index < -0.39 is 11.0 Å². The van der Waals surface area contributed by atoms with Crippen molar-refractivity contribution in [1.82, 2.24) is 9.80 Å². The lowest BCUT2D eigenvalue weighted by atomic mass is 9.88. The summed E-state index contributed by atoms with van der Waals surface area (Å²) in [7, 11) is 1.79. The van der Waals surface area contributed by atoms with E-state index in [9.17, 15) is 9.59 Å². The van der Waals surface area contributed by atoms with Crippen molar-refractivity contribution in [3.8, 4) is 0 Å². The van der Waals surface area contributed by atoms with E-state index in [-0.39, 0.29) is 24.0 Å². The second kappa shape index (κ2) is 8.54. The van der Waals surface area contributed by atoms with Gasteiger partial charge in [-0.25, -0.2) is 4.79 Å². The largest absolute Gasteiger partial charge is 0.444 e. The SMILES string of the molecule is CC[C@@H]([C@@H]1C[C@@]1(C(=O)N(CC)CC)c1ccccc1)N(C)C(=O)OC(C)(C)C. The second-order valence-corrected chi connectivity index (χ2v) is 8.69. The molecule has 0 unspecified atom stereocenters. The highest BCUT2D eigenvalue weighted by atomic mass is 16.6. The topological polar surface area (TPSA) is 49.9 Å². The van der Waals surface area contributed by atoms with Crippen LogP contribution in [0, 0.1) is 5.92 Å². The molecule has 0 aromatic heterocycles. The fourth-order valence-electron chi connectivity index (χ4n) is 4.28. The monoisotopic (exact) mass is 388 g/mol. The first kappa shape index (κ1) is 22.3. The number of rotatable bonds is 7. The Kier molecular flexibility index (Phi) is 6.79. The first-order valence-electron chi connectivity index (χ1n) is 10.4. The third-order valence-corrected chi connectivity index (χ3v) is 5.80. The van der Waals surface area contributed by atoms with Gasteiger partial charge in [0.1, 0.15) is 5.60 Å². The van der Waals surface area contributed by atoms with Crippen LogP contribution in [0.4, 0.5) is 4.79 Å². The molecular formula is C23H36N2O3. The van der Waals surface area contributed by atoms with E-state index in [1.807, 2.05) is 69.9 Å². The average Bonchev–Trinajstić information content (AvgIpc) is 3.39. The van der Waals surface area contributed by atoms with E-state index in [2.05, 4.69) is 6.92 Å². The number of carbonyl (C=O) groups excluding carboxylic acids is 2. The first-order chi connectivity index (χ1) is 13.1. The Labute approximate surface area is 170 Å². The van der Waals surface area contributed by atoms with Crippen LogP contribution < -0.4 is 0 Å². The Morgan fingerprint density at radius 2 is 1.71 bits per heavy atom. The van der Waals surface area contributed by atoms with Gasteiger partial charge in [-0.1, -0.05) is 37.3 Å². The standard InChI is InChI=1S/C23H36N2O3/c1-8-19(24(7)21(27)28-22(4,5)6)18-16-23(18,17-14-12-11-13-15-17)20(26)25(9-2)10-3/h11-15,18-19H,8-10,16H2,1-7H3/t18-,19-,23+/m0/s1. The van der Waals surface area contributed by atoms with Gasteiger partial charge >= 0.3 is 6.09 Å². The van der Waals surface area contributed by atoms with Crippen LogP contribution >= 0.6 is 0 Å². The molecule has 0 N–H and O–H groups in total. The number of hydrogen-bond acceptors (Lipinski definition) is 3. The van der Waals surface area contributed by atoms with Crippen molar-refractivity contribution < 1.29 is 14.3 Å². The van der Waals surface area contributed by atoms with Crippen molar-refractivity contribution in [1.29, 1.82) is 0 Å². The normalized spacial score (nSPS) is 22.3. The molecular weight excluding hydrogens is 352 g/mol. The Bertz CT molecular complexity index is 679. The average molecular weight is 389 g/mol. The van der Waals surface area contributed by atoms with Crippen LogP contribution in [0.1, 0.15) is 59.9 Å². The highest BCUT2D eigenvalue weighted by Crippen LogP contribution is 2.58. The molecule has 0 heterocycles. The van der Waals surface area contributed by atoms with Crippen LogP contribution in [-0.2, 0) is 14.9 Å². The van der Waals surface area contributed by atoms with E-state index >= 15 is 0 Å². The molecule has 1 aromatic rings. The maximum absolute atomic E-state index is 13.5. The zero-order chi connectivity index (χ0) is 21.1. The Hall–Kier alpha value is -2.04. The van der Waals surface area contributed by atoms with Crippen molar-refractivity contribution in [3.05, 3.63) is 35.9 Å². The third kappa shape index (κ3) is 4.34. The number of amides is 2. The van der Waals surface area contributed by atoms with Gasteiger partial charge in [0.15, 0.2) is 0 Å². The molecule has 2 amide bonds. The molecule has 5 heteroatoms. The van der Waals surface area contributed by atoms with Crippen LogP contribution in [0.15, 0.2) is 30.3 Å². The summed E-state index contributed by atoms with van der Waals surface area (Å²) >= 11 is 0. The van der Waals surface area contributed by atoms with Crippen LogP contribution in [0.2, 0.25) is 0 Å². The summed E-state index contributed by atoms with van der Waals surface area (Å²) in [5, 5.41) is 0. The summed E-state index contributed by atoms with van der Waals surface area (Å²) in [6, 6.07) is 9.99. The third-order valence-electron chi connectivity index (χ3n) is 5.80. The Morgan fingerprint density at radius 1 is 1.14 bits per heavy atom. The summed E-state index contributed by atoms with van der Waals surface area (Å²) in [5.74, 6) is 0.259. The number of ether oxygens (including phenoxy) is 1. The number of nitrogens with zero attached hydrogens (tertiary/aromatic N) is 2. The van der Waals surface area contributed by atoms with E-state index in [1.54, 1.807) is 11.9 Å². The van der Waals surface area contributed by atoms with Gasteiger partial charge in [-0.2, -0.15) is 0 Å². The number of carbonyl (C=O) groups is 2. The molecule has 0 radical (unpaired) electrons. The van der Waals surface area contributed by atoms with Crippen molar-refractivity contribution in [2.75, 3.05) is 20.1 Å². The quantitative estimate of drug-likeness (QED) is 0.693. The second-order valence-electron chi connectivity index (χ2n) is 8.69. The molecule has 156 valence electrons. The lowest BCUT2D eigenvalue weighted by Crippen LogP contribution is -2.46. The molecule has 0 aliphatic heterocycles. The maximum atomic E-state index is 13.5. The molecule has 1 aliphatic rings. The molecule has 1 aliphatic carbocycles. The predicted octanol–water partition coefficient (Wildman–Crippen LogP) is 4.46. The highest BCUT2D eigenvalue weighted by molar-refractivity contribution is 5.92. The molecule has 1 fully saturated rings. The first-order valence-corrected chi connectivity index (χ1v) is 10.4. The molecule has 5 nitrogen and oxygen atoms in total. The van der Waals surface area contributed by atoms with E-state index in [0.29, 0.717) is 13.1 Å². The predicted molar refractivity (Wildman–Crippen MR) is 112 cm³/mol. The minimum Gasteiger partial charge on any atom is -0.444 e. The molecule has 2 rings (SSSR count). The minimum absolute atomic E-state index is 0.0467. The van der Waals surface area contributed by atoms with E-state index in [1.165, 1.54) is 0 Å². The maximum Gasteiger partial charge on any atom is 0.410 e. The summed E-state index contributed by atoms with van der Waals surface area (Å²) in [6.45, 7) is 13.1. The van der Waals surface area contributed by atoms with Crippen LogP contribution in [0.25, 0.3) is 0 Å². The number of benzene rings is 1. The fourth-order valence-corrected chi connectivity index (χ4v) is 4.28. The molecule has 0 bridgehead atoms. The van der Waals surface area contributed by atoms with Gasteiger partial charge in [-0.05, 0) is 58.9 Å². The van der Waals surface area contributed by atoms with Gasteiger partial charge in [0.25, 0.3) is 0 Å². The molecule has 3 atom stereocenters. The zero-order valence-corrected chi connectivity index (χ0v) is 18.5. The van der Waals surface area contributed by atoms with Gasteiger partial charge in [0.05, 0.1) is 5.41 Å². The van der Waals surface area contributed by atoms with Crippen molar-refractivity contribution >= 4 is 12.0 Å². The lowest BCUT2D eigenvalue weighted by Gasteiger charge is -2.33. The fraction of sp³-hybridized carbons (Fsp3) is 0.652. The smallest absolute Gasteiger partial charge is 0.410 e. The molecule has 0 saturated heterocycles. The van der Waals surface area contributed by atoms with E-state index in [4.69, 9.17) is 4.74 Å². The van der Waals surface area contributed by atoms with Gasteiger partial charge in [0.2, 0.25) is 5.91 Å². The Morgan fingerprint density at radius 3 is 2.18 bits per heavy atom. The molecule has 28 heavy (non-hydrogen) atoms. The Balaban J connectivity index is 2.35. The van der Waals surface area contributed by atoms with Gasteiger partial charge < -0.3 is 14.5 Å². The van der Waals surface area contributed by atoms with E-state index in [0.717, 1.165) is 18.4 Å². The summed E-state index contributed by atoms with van der Waals surface area (Å²) in [4.78, 5) is 29.8. The zero-order valence-electron chi connectivity index (χ0n) is 18.5. The van der Waals surface area contributed by atoms with Gasteiger partial charge in [0, 0.05) is 26.2 Å². The van der Waals surface area contributed by atoms with Crippen LogP contribution in [-0.4, -0.2) is 53.6 Å². The summed E-state index contributed by atoms with van der Waals surface area (Å²) in [6.07, 6.45) is 1.21. The van der Waals surface area contributed by atoms with Crippen molar-refractivity contribution in [3.63, 3.8) is 0 Å². The summed E-state index contributed by atoms with van der Waals surface area (Å²) < 4.78 is 5.58. The van der Waals surface area contributed by atoms with Gasteiger partial charge in [-0.3, -0.25) is 4.79 Å². The minimum atomic E-state index is -0.551. The number of hydrogen-bond donors (Lipinski definition) is 0. The summed E-state index contributed by atoms with van der Waals surface area (Å²) in [5.41, 5.74) is -0.0433. The van der Waals surface area contributed by atoms with Crippen molar-refractivity contribution in [2.45, 2.75) is 71.4 Å². The molecule has 0 spiro atoms. The molecule has 1 aromatic carbocycles. The van der Waals surface area contributed by atoms with Crippen molar-refractivity contribution in [2.24, 2.45) is 5.92 Å². The lowest BCUT2D eigenvalue weighted by molar-refractivity contribution is -0.134. The number of likely N-dealkylation sites (N-methyl/N-ethyl adjacent to an activating group) is 1. The highest BCUT2D eigenvalue weighted by Gasteiger charge is 2.65. The van der Waals surface area contributed by atoms with Crippen LogP contribution in [0.3, 0.4) is 0 Å². The van der Waals surface area contributed by atoms with Crippen LogP contribution in [0.5, 0.6) is 0 Å².